The second-order valence-electron chi connectivity index (χ2n) is 6.86. The Labute approximate surface area is 133 Å². The summed E-state index contributed by atoms with van der Waals surface area (Å²) < 4.78 is 10.7. The molecule has 0 radical (unpaired) electrons. The number of ether oxygens (including phenoxy) is 2. The first kappa shape index (κ1) is 18.7. The summed E-state index contributed by atoms with van der Waals surface area (Å²) in [6.07, 6.45) is 1.82. The van der Waals surface area contributed by atoms with Crippen molar-refractivity contribution in [1.82, 2.24) is 10.2 Å². The highest BCUT2D eigenvalue weighted by molar-refractivity contribution is 5.79. The van der Waals surface area contributed by atoms with Crippen molar-refractivity contribution >= 4 is 12.1 Å². The molecule has 1 fully saturated rings. The number of nitrogens with zero attached hydrogens (tertiary/aromatic N) is 1. The summed E-state index contributed by atoms with van der Waals surface area (Å²) in [6, 6.07) is 0. The number of nitrogens with one attached hydrogen (secondary N) is 1. The largest absolute Gasteiger partial charge is 0.466 e. The molecular formula is C16H30N2O4. The Morgan fingerprint density at radius 1 is 1.32 bits per heavy atom. The third-order valence-corrected chi connectivity index (χ3v) is 3.79. The maximum Gasteiger partial charge on any atom is 0.410 e. The smallest absolute Gasteiger partial charge is 0.410 e. The van der Waals surface area contributed by atoms with Crippen molar-refractivity contribution in [3.8, 4) is 0 Å². The molecule has 22 heavy (non-hydrogen) atoms. The van der Waals surface area contributed by atoms with Gasteiger partial charge in [0, 0.05) is 13.1 Å². The molecule has 6 nitrogen and oxygen atoms in total. The third kappa shape index (κ3) is 5.16. The van der Waals surface area contributed by atoms with Crippen molar-refractivity contribution in [1.29, 1.82) is 0 Å². The topological polar surface area (TPSA) is 67.9 Å². The fraction of sp³-hybridized carbons (Fsp3) is 0.875. The summed E-state index contributed by atoms with van der Waals surface area (Å²) in [5.41, 5.74) is -1.17. The molecule has 1 N–H and O–H groups in total. The lowest BCUT2D eigenvalue weighted by Crippen LogP contribution is -2.52. The molecule has 0 saturated carbocycles. The van der Waals surface area contributed by atoms with E-state index >= 15 is 0 Å². The van der Waals surface area contributed by atoms with Crippen LogP contribution < -0.4 is 5.32 Å². The summed E-state index contributed by atoms with van der Waals surface area (Å²) in [4.78, 5) is 26.4. The highest BCUT2D eigenvalue weighted by Gasteiger charge is 2.44. The van der Waals surface area contributed by atoms with Gasteiger partial charge in [0.2, 0.25) is 0 Å². The standard InChI is InChI=1S/C16H30N2O4/c1-6-21-13(19)16(9-10-17-5)8-7-11-18(12-16)14(20)22-15(2,3)4/h17H,6-12H2,1-5H3. The normalized spacial score (nSPS) is 22.3. The summed E-state index contributed by atoms with van der Waals surface area (Å²) >= 11 is 0. The summed E-state index contributed by atoms with van der Waals surface area (Å²) in [6.45, 7) is 9.38. The Hall–Kier alpha value is -1.30. The van der Waals surface area contributed by atoms with E-state index in [9.17, 15) is 9.59 Å². The first-order valence-electron chi connectivity index (χ1n) is 8.04. The number of hydrogen-bond acceptors (Lipinski definition) is 5. The number of piperidine rings is 1. The van der Waals surface area contributed by atoms with Crippen molar-refractivity contribution in [2.45, 2.75) is 52.6 Å². The molecule has 1 aliphatic rings. The zero-order chi connectivity index (χ0) is 16.8. The zero-order valence-electron chi connectivity index (χ0n) is 14.5. The number of likely N-dealkylation sites (tertiary alicyclic amines) is 1. The lowest BCUT2D eigenvalue weighted by Gasteiger charge is -2.41. The molecule has 0 aliphatic carbocycles. The number of hydrogen-bond donors (Lipinski definition) is 1. The summed E-state index contributed by atoms with van der Waals surface area (Å²) in [5.74, 6) is -0.210. The Morgan fingerprint density at radius 2 is 2.00 bits per heavy atom. The lowest BCUT2D eigenvalue weighted by molar-refractivity contribution is -0.159. The Bertz CT molecular complexity index is 392. The molecule has 0 aromatic heterocycles. The van der Waals surface area contributed by atoms with Crippen molar-refractivity contribution in [3.05, 3.63) is 0 Å². The van der Waals surface area contributed by atoms with Gasteiger partial charge in [-0.2, -0.15) is 0 Å². The minimum absolute atomic E-state index is 0.210. The number of rotatable bonds is 5. The van der Waals surface area contributed by atoms with Crippen LogP contribution in [0.25, 0.3) is 0 Å². The Balaban J connectivity index is 2.85. The highest BCUT2D eigenvalue weighted by atomic mass is 16.6. The van der Waals surface area contributed by atoms with Gasteiger partial charge in [0.1, 0.15) is 5.60 Å². The van der Waals surface area contributed by atoms with Crippen LogP contribution >= 0.6 is 0 Å². The molecule has 1 amide bonds. The molecule has 6 heteroatoms. The van der Waals surface area contributed by atoms with Gasteiger partial charge in [-0.05, 0) is 60.5 Å². The van der Waals surface area contributed by atoms with Gasteiger partial charge in [0.05, 0.1) is 12.0 Å². The van der Waals surface area contributed by atoms with Gasteiger partial charge in [-0.3, -0.25) is 4.79 Å². The molecule has 128 valence electrons. The average molecular weight is 314 g/mol. The number of esters is 1. The van der Waals surface area contributed by atoms with Crippen LogP contribution in [0.5, 0.6) is 0 Å². The van der Waals surface area contributed by atoms with Crippen LogP contribution in [0, 0.1) is 5.41 Å². The minimum atomic E-state index is -0.631. The van der Waals surface area contributed by atoms with Crippen LogP contribution in [0.15, 0.2) is 0 Å². The van der Waals surface area contributed by atoms with Crippen molar-refractivity contribution in [3.63, 3.8) is 0 Å². The van der Waals surface area contributed by atoms with Crippen LogP contribution in [0.2, 0.25) is 0 Å². The molecule has 0 aromatic carbocycles. The van der Waals surface area contributed by atoms with E-state index in [0.717, 1.165) is 12.8 Å². The molecule has 0 spiro atoms. The molecule has 1 unspecified atom stereocenters. The first-order valence-corrected chi connectivity index (χ1v) is 8.04. The first-order chi connectivity index (χ1) is 10.2. The van der Waals surface area contributed by atoms with Gasteiger partial charge >= 0.3 is 12.1 Å². The minimum Gasteiger partial charge on any atom is -0.466 e. The maximum absolute atomic E-state index is 12.5. The van der Waals surface area contributed by atoms with Gasteiger partial charge in [-0.15, -0.1) is 0 Å². The predicted octanol–water partition coefficient (Wildman–Crippen LogP) is 2.18. The third-order valence-electron chi connectivity index (χ3n) is 3.79. The van der Waals surface area contributed by atoms with E-state index in [0.29, 0.717) is 32.7 Å². The second-order valence-corrected chi connectivity index (χ2v) is 6.86. The number of carbonyl (C=O) groups excluding carboxylic acids is 2. The van der Waals surface area contributed by atoms with E-state index in [1.807, 2.05) is 27.8 Å². The Kier molecular flexibility index (Phi) is 6.66. The fourth-order valence-electron chi connectivity index (χ4n) is 2.74. The van der Waals surface area contributed by atoms with E-state index < -0.39 is 11.0 Å². The monoisotopic (exact) mass is 314 g/mol. The molecule has 1 rings (SSSR count). The van der Waals surface area contributed by atoms with E-state index in [4.69, 9.17) is 9.47 Å². The van der Waals surface area contributed by atoms with Crippen molar-refractivity contribution in [2.75, 3.05) is 33.3 Å². The zero-order valence-corrected chi connectivity index (χ0v) is 14.5. The molecule has 1 heterocycles. The van der Waals surface area contributed by atoms with E-state index in [1.165, 1.54) is 0 Å². The SMILES string of the molecule is CCOC(=O)C1(CCNC)CCCN(C(=O)OC(C)(C)C)C1. The molecule has 1 aliphatic heterocycles. The van der Waals surface area contributed by atoms with Crippen molar-refractivity contribution in [2.24, 2.45) is 5.41 Å². The summed E-state index contributed by atoms with van der Waals surface area (Å²) in [5, 5.41) is 3.08. The van der Waals surface area contributed by atoms with Crippen LogP contribution in [0.4, 0.5) is 4.79 Å². The molecule has 1 saturated heterocycles. The van der Waals surface area contributed by atoms with Gasteiger partial charge < -0.3 is 19.7 Å². The van der Waals surface area contributed by atoms with Crippen LogP contribution in [0.3, 0.4) is 0 Å². The van der Waals surface area contributed by atoms with E-state index in [-0.39, 0.29) is 12.1 Å². The van der Waals surface area contributed by atoms with Gasteiger partial charge in [0.15, 0.2) is 0 Å². The number of amides is 1. The molecule has 0 aromatic rings. The van der Waals surface area contributed by atoms with E-state index in [2.05, 4.69) is 5.32 Å². The van der Waals surface area contributed by atoms with E-state index in [1.54, 1.807) is 11.8 Å². The molecular weight excluding hydrogens is 284 g/mol. The van der Waals surface area contributed by atoms with Crippen LogP contribution in [0.1, 0.15) is 47.0 Å². The lowest BCUT2D eigenvalue weighted by atomic mass is 9.77. The van der Waals surface area contributed by atoms with Gasteiger partial charge in [-0.25, -0.2) is 4.79 Å². The van der Waals surface area contributed by atoms with Gasteiger partial charge in [0.25, 0.3) is 0 Å². The second kappa shape index (κ2) is 7.81. The van der Waals surface area contributed by atoms with Crippen molar-refractivity contribution < 1.29 is 19.1 Å². The highest BCUT2D eigenvalue weighted by Crippen LogP contribution is 2.35. The fourth-order valence-corrected chi connectivity index (χ4v) is 2.74. The molecule has 0 bridgehead atoms. The average Bonchev–Trinajstić information content (AvgIpc) is 2.44. The molecule has 1 atom stereocenters. The maximum atomic E-state index is 12.5. The van der Waals surface area contributed by atoms with Crippen LogP contribution in [-0.4, -0.2) is 55.9 Å². The predicted molar refractivity (Wildman–Crippen MR) is 84.7 cm³/mol. The van der Waals surface area contributed by atoms with Gasteiger partial charge in [-0.1, -0.05) is 0 Å². The quantitative estimate of drug-likeness (QED) is 0.788. The van der Waals surface area contributed by atoms with Crippen LogP contribution in [-0.2, 0) is 14.3 Å². The number of carbonyl (C=O) groups is 2. The summed E-state index contributed by atoms with van der Waals surface area (Å²) in [7, 11) is 1.85. The Morgan fingerprint density at radius 3 is 2.55 bits per heavy atom.